The van der Waals surface area contributed by atoms with Gasteiger partial charge in [0, 0.05) is 24.1 Å². The number of hydrogen-bond donors (Lipinski definition) is 1. The zero-order valence-electron chi connectivity index (χ0n) is 19.0. The average Bonchev–Trinajstić information content (AvgIpc) is 2.82. The van der Waals surface area contributed by atoms with Gasteiger partial charge in [-0.25, -0.2) is 0 Å². The number of hydrogen-bond acceptors (Lipinski definition) is 4. The van der Waals surface area contributed by atoms with Crippen LogP contribution in [0, 0.1) is 5.92 Å². The molecule has 0 spiro atoms. The van der Waals surface area contributed by atoms with Crippen molar-refractivity contribution in [3.8, 4) is 11.5 Å². The molecule has 0 unspecified atom stereocenters. The molecule has 1 aliphatic carbocycles. The van der Waals surface area contributed by atoms with Crippen LogP contribution in [0.25, 0.3) is 6.08 Å². The number of benzene rings is 2. The van der Waals surface area contributed by atoms with E-state index in [-0.39, 0.29) is 17.9 Å². The van der Waals surface area contributed by atoms with E-state index < -0.39 is 5.60 Å². The first-order chi connectivity index (χ1) is 15.6. The van der Waals surface area contributed by atoms with Gasteiger partial charge in [0.15, 0.2) is 0 Å². The number of rotatable bonds is 6. The highest BCUT2D eigenvalue weighted by Crippen LogP contribution is 2.50. The van der Waals surface area contributed by atoms with Gasteiger partial charge in [0.25, 0.3) is 0 Å². The first kappa shape index (κ1) is 22.4. The van der Waals surface area contributed by atoms with E-state index in [2.05, 4.69) is 0 Å². The zero-order valence-corrected chi connectivity index (χ0v) is 19.0. The SMILES string of the molecule is CCOc1ccccc1[C@@H]1[C@@H]2CCCC[C@]2(O)CCN1C(=O)/C=C/c1ccc(OC)cc1. The number of carbonyl (C=O) groups is 1. The molecule has 1 saturated carbocycles. The number of carbonyl (C=O) groups excluding carboxylic acids is 1. The number of fused-ring (bicyclic) bond motifs is 1. The minimum Gasteiger partial charge on any atom is -0.497 e. The molecule has 2 fully saturated rings. The number of methoxy groups -OCH3 is 1. The van der Waals surface area contributed by atoms with Gasteiger partial charge >= 0.3 is 0 Å². The molecule has 0 radical (unpaired) electrons. The molecule has 5 nitrogen and oxygen atoms in total. The van der Waals surface area contributed by atoms with Gasteiger partial charge in [-0.15, -0.1) is 0 Å². The summed E-state index contributed by atoms with van der Waals surface area (Å²) >= 11 is 0. The van der Waals surface area contributed by atoms with Crippen LogP contribution < -0.4 is 9.47 Å². The smallest absolute Gasteiger partial charge is 0.247 e. The van der Waals surface area contributed by atoms with Crippen LogP contribution in [0.3, 0.4) is 0 Å². The summed E-state index contributed by atoms with van der Waals surface area (Å²) in [7, 11) is 1.64. The van der Waals surface area contributed by atoms with E-state index in [1.165, 1.54) is 0 Å². The van der Waals surface area contributed by atoms with Crippen LogP contribution >= 0.6 is 0 Å². The number of piperidine rings is 1. The topological polar surface area (TPSA) is 59.0 Å². The summed E-state index contributed by atoms with van der Waals surface area (Å²) in [6.45, 7) is 3.06. The summed E-state index contributed by atoms with van der Waals surface area (Å²) in [6, 6.07) is 15.4. The fraction of sp³-hybridized carbons (Fsp3) is 0.444. The van der Waals surface area contributed by atoms with Crippen molar-refractivity contribution in [1.29, 1.82) is 0 Å². The number of para-hydroxylation sites is 1. The van der Waals surface area contributed by atoms with Crippen molar-refractivity contribution in [2.75, 3.05) is 20.3 Å². The molecule has 1 saturated heterocycles. The number of amides is 1. The Labute approximate surface area is 190 Å². The molecule has 5 heteroatoms. The molecule has 4 rings (SSSR count). The highest BCUT2D eigenvalue weighted by molar-refractivity contribution is 5.92. The maximum Gasteiger partial charge on any atom is 0.247 e. The highest BCUT2D eigenvalue weighted by Gasteiger charge is 2.50. The number of ether oxygens (including phenoxy) is 2. The molecular weight excluding hydrogens is 402 g/mol. The summed E-state index contributed by atoms with van der Waals surface area (Å²) in [5.41, 5.74) is 1.21. The fourth-order valence-electron chi connectivity index (χ4n) is 5.30. The maximum absolute atomic E-state index is 13.4. The van der Waals surface area contributed by atoms with Crippen molar-refractivity contribution in [2.24, 2.45) is 5.92 Å². The maximum atomic E-state index is 13.4. The van der Waals surface area contributed by atoms with Crippen LogP contribution in [-0.4, -0.2) is 41.8 Å². The molecule has 0 bridgehead atoms. The Morgan fingerprint density at radius 3 is 2.69 bits per heavy atom. The molecule has 3 atom stereocenters. The second-order valence-electron chi connectivity index (χ2n) is 8.76. The van der Waals surface area contributed by atoms with Crippen LogP contribution in [-0.2, 0) is 4.79 Å². The lowest BCUT2D eigenvalue weighted by atomic mass is 9.66. The minimum absolute atomic E-state index is 0.00458. The quantitative estimate of drug-likeness (QED) is 0.649. The third-order valence-electron chi connectivity index (χ3n) is 6.92. The largest absolute Gasteiger partial charge is 0.497 e. The molecule has 1 N–H and O–H groups in total. The molecule has 1 aliphatic heterocycles. The normalized spacial score (nSPS) is 25.4. The molecule has 2 aromatic rings. The van der Waals surface area contributed by atoms with Crippen molar-refractivity contribution in [3.05, 3.63) is 65.7 Å². The van der Waals surface area contributed by atoms with Crippen molar-refractivity contribution in [2.45, 2.75) is 50.7 Å². The van der Waals surface area contributed by atoms with Gasteiger partial charge in [-0.2, -0.15) is 0 Å². The first-order valence-corrected chi connectivity index (χ1v) is 11.6. The molecule has 2 aromatic carbocycles. The van der Waals surface area contributed by atoms with Crippen molar-refractivity contribution >= 4 is 12.0 Å². The Morgan fingerprint density at radius 2 is 1.94 bits per heavy atom. The Hall–Kier alpha value is -2.79. The fourth-order valence-corrected chi connectivity index (χ4v) is 5.30. The molecule has 1 amide bonds. The van der Waals surface area contributed by atoms with Crippen molar-refractivity contribution < 1.29 is 19.4 Å². The number of nitrogens with zero attached hydrogens (tertiary/aromatic N) is 1. The van der Waals surface area contributed by atoms with Crippen LogP contribution in [0.4, 0.5) is 0 Å². The second kappa shape index (κ2) is 9.78. The zero-order chi connectivity index (χ0) is 22.6. The van der Waals surface area contributed by atoms with Gasteiger partial charge in [-0.05, 0) is 56.0 Å². The lowest BCUT2D eigenvalue weighted by molar-refractivity contribution is -0.151. The van der Waals surface area contributed by atoms with Gasteiger partial charge in [0.2, 0.25) is 5.91 Å². The van der Waals surface area contributed by atoms with E-state index in [1.807, 2.05) is 66.4 Å². The van der Waals surface area contributed by atoms with Crippen molar-refractivity contribution in [1.82, 2.24) is 4.90 Å². The number of likely N-dealkylation sites (tertiary alicyclic amines) is 1. The number of aliphatic hydroxyl groups is 1. The summed E-state index contributed by atoms with van der Waals surface area (Å²) in [5.74, 6) is 1.55. The predicted octanol–water partition coefficient (Wildman–Crippen LogP) is 5.00. The lowest BCUT2D eigenvalue weighted by Crippen LogP contribution is -2.56. The van der Waals surface area contributed by atoms with Crippen LogP contribution in [0.1, 0.15) is 56.2 Å². The Bertz CT molecular complexity index is 954. The van der Waals surface area contributed by atoms with Gasteiger partial charge in [-0.1, -0.05) is 43.2 Å². The van der Waals surface area contributed by atoms with Crippen molar-refractivity contribution in [3.63, 3.8) is 0 Å². The molecule has 2 aliphatic rings. The Morgan fingerprint density at radius 1 is 1.16 bits per heavy atom. The summed E-state index contributed by atoms with van der Waals surface area (Å²) in [5, 5.41) is 11.5. The highest BCUT2D eigenvalue weighted by atomic mass is 16.5. The van der Waals surface area contributed by atoms with Crippen LogP contribution in [0.2, 0.25) is 0 Å². The van der Waals surface area contributed by atoms with E-state index in [4.69, 9.17) is 9.47 Å². The van der Waals surface area contributed by atoms with E-state index in [0.717, 1.165) is 48.3 Å². The van der Waals surface area contributed by atoms with Crippen LogP contribution in [0.5, 0.6) is 11.5 Å². The predicted molar refractivity (Wildman–Crippen MR) is 126 cm³/mol. The van der Waals surface area contributed by atoms with Crippen LogP contribution in [0.15, 0.2) is 54.6 Å². The molecular formula is C27H33NO4. The summed E-state index contributed by atoms with van der Waals surface area (Å²) in [4.78, 5) is 15.4. The molecule has 0 aromatic heterocycles. The Kier molecular flexibility index (Phi) is 6.85. The van der Waals surface area contributed by atoms with Gasteiger partial charge in [0.1, 0.15) is 11.5 Å². The third-order valence-corrected chi connectivity index (χ3v) is 6.92. The molecule has 170 valence electrons. The summed E-state index contributed by atoms with van der Waals surface area (Å²) < 4.78 is 11.1. The lowest BCUT2D eigenvalue weighted by Gasteiger charge is -2.52. The molecule has 32 heavy (non-hydrogen) atoms. The standard InChI is InChI=1S/C27H33NO4/c1-3-32-24-10-5-4-8-22(24)26-23-9-6-7-17-27(23,30)18-19-28(26)25(29)16-13-20-11-14-21(31-2)15-12-20/h4-5,8,10-16,23,26,30H,3,6-7,9,17-19H2,1-2H3/b16-13+/t23-,26+,27-/m0/s1. The van der Waals surface area contributed by atoms with Gasteiger partial charge in [-0.3, -0.25) is 4.79 Å². The minimum atomic E-state index is -0.723. The second-order valence-corrected chi connectivity index (χ2v) is 8.76. The van der Waals surface area contributed by atoms with E-state index >= 15 is 0 Å². The molecule has 1 heterocycles. The monoisotopic (exact) mass is 435 g/mol. The summed E-state index contributed by atoms with van der Waals surface area (Å²) in [6.07, 6.45) is 7.93. The Balaban J connectivity index is 1.66. The van der Waals surface area contributed by atoms with E-state index in [1.54, 1.807) is 13.2 Å². The van der Waals surface area contributed by atoms with Gasteiger partial charge < -0.3 is 19.5 Å². The average molecular weight is 436 g/mol. The van der Waals surface area contributed by atoms with E-state index in [0.29, 0.717) is 19.6 Å². The van der Waals surface area contributed by atoms with E-state index in [9.17, 15) is 9.90 Å². The van der Waals surface area contributed by atoms with Gasteiger partial charge in [0.05, 0.1) is 25.4 Å². The third kappa shape index (κ3) is 4.53. The first-order valence-electron chi connectivity index (χ1n) is 11.6.